The molecule has 7 heteroatoms. The molecule has 1 saturated heterocycles. The normalized spacial score (nSPS) is 19.3. The molecule has 1 aliphatic heterocycles. The predicted molar refractivity (Wildman–Crippen MR) is 113 cm³/mol. The van der Waals surface area contributed by atoms with Crippen molar-refractivity contribution in [2.75, 3.05) is 19.7 Å². The van der Waals surface area contributed by atoms with Gasteiger partial charge in [0.1, 0.15) is 17.3 Å². The summed E-state index contributed by atoms with van der Waals surface area (Å²) in [6.07, 6.45) is 3.78. The Balaban J connectivity index is 1.55. The lowest BCUT2D eigenvalue weighted by Crippen LogP contribution is -2.49. The van der Waals surface area contributed by atoms with Gasteiger partial charge in [-0.1, -0.05) is 11.2 Å². The van der Waals surface area contributed by atoms with E-state index in [0.29, 0.717) is 37.6 Å². The zero-order valence-corrected chi connectivity index (χ0v) is 17.6. The van der Waals surface area contributed by atoms with Crippen molar-refractivity contribution in [1.82, 2.24) is 15.0 Å². The Bertz CT molecular complexity index is 1010. The molecule has 1 aliphatic rings. The molecule has 162 valence electrons. The zero-order valence-electron chi connectivity index (χ0n) is 17.6. The van der Waals surface area contributed by atoms with E-state index in [2.05, 4.69) is 15.0 Å². The molecule has 1 unspecified atom stereocenters. The molecule has 0 bridgehead atoms. The van der Waals surface area contributed by atoms with Gasteiger partial charge in [0.05, 0.1) is 17.7 Å². The molecule has 0 saturated carbocycles. The summed E-state index contributed by atoms with van der Waals surface area (Å²) in [5.74, 6) is 0.108. The first kappa shape index (κ1) is 21.2. The minimum Gasteiger partial charge on any atom is -0.466 e. The van der Waals surface area contributed by atoms with E-state index in [9.17, 15) is 9.18 Å². The molecule has 4 rings (SSSR count). The van der Waals surface area contributed by atoms with Gasteiger partial charge in [0.2, 0.25) is 0 Å². The maximum Gasteiger partial charge on any atom is 0.313 e. The highest BCUT2D eigenvalue weighted by molar-refractivity contribution is 5.77. The van der Waals surface area contributed by atoms with Gasteiger partial charge in [-0.15, -0.1) is 0 Å². The Morgan fingerprint density at radius 1 is 1.26 bits per heavy atom. The summed E-state index contributed by atoms with van der Waals surface area (Å²) in [5.41, 5.74) is 1.65. The van der Waals surface area contributed by atoms with Crippen molar-refractivity contribution < 1.29 is 18.4 Å². The second kappa shape index (κ2) is 9.39. The Kier molecular flexibility index (Phi) is 6.42. The van der Waals surface area contributed by atoms with Gasteiger partial charge < -0.3 is 9.26 Å². The third-order valence-electron chi connectivity index (χ3n) is 5.69. The first-order chi connectivity index (χ1) is 15.1. The van der Waals surface area contributed by atoms with Crippen LogP contribution in [-0.4, -0.2) is 40.7 Å². The molecule has 1 atom stereocenters. The van der Waals surface area contributed by atoms with Crippen LogP contribution < -0.4 is 0 Å². The molecule has 0 aliphatic carbocycles. The van der Waals surface area contributed by atoms with Crippen LogP contribution in [-0.2, 0) is 22.5 Å². The van der Waals surface area contributed by atoms with Gasteiger partial charge in [-0.2, -0.15) is 0 Å². The van der Waals surface area contributed by atoms with Gasteiger partial charge in [-0.3, -0.25) is 14.7 Å². The highest BCUT2D eigenvalue weighted by Gasteiger charge is 2.44. The smallest absolute Gasteiger partial charge is 0.313 e. The summed E-state index contributed by atoms with van der Waals surface area (Å²) < 4.78 is 24.3. The van der Waals surface area contributed by atoms with Gasteiger partial charge in [0, 0.05) is 37.3 Å². The number of piperidine rings is 1. The number of rotatable bonds is 7. The van der Waals surface area contributed by atoms with Crippen molar-refractivity contribution in [2.45, 2.75) is 32.7 Å². The average molecular weight is 423 g/mol. The van der Waals surface area contributed by atoms with Gasteiger partial charge in [0.15, 0.2) is 0 Å². The Morgan fingerprint density at radius 2 is 2.10 bits per heavy atom. The number of carbonyl (C=O) groups excluding carboxylic acids is 1. The Labute approximate surface area is 181 Å². The summed E-state index contributed by atoms with van der Waals surface area (Å²) in [4.78, 5) is 19.7. The Morgan fingerprint density at radius 3 is 2.84 bits per heavy atom. The molecule has 1 aromatic carbocycles. The zero-order chi connectivity index (χ0) is 21.7. The van der Waals surface area contributed by atoms with E-state index in [0.717, 1.165) is 30.6 Å². The summed E-state index contributed by atoms with van der Waals surface area (Å²) in [6, 6.07) is 13.8. The molecular weight excluding hydrogens is 397 g/mol. The number of benzene rings is 1. The number of pyridine rings is 1. The largest absolute Gasteiger partial charge is 0.466 e. The number of halogens is 1. The number of hydrogen-bond acceptors (Lipinski definition) is 6. The minimum atomic E-state index is -0.706. The monoisotopic (exact) mass is 423 g/mol. The molecule has 0 radical (unpaired) electrons. The van der Waals surface area contributed by atoms with E-state index in [1.807, 2.05) is 31.2 Å². The number of ether oxygens (including phenoxy) is 1. The quantitative estimate of drug-likeness (QED) is 0.529. The number of esters is 1. The van der Waals surface area contributed by atoms with Crippen molar-refractivity contribution in [3.8, 4) is 11.3 Å². The van der Waals surface area contributed by atoms with E-state index in [4.69, 9.17) is 9.26 Å². The highest BCUT2D eigenvalue weighted by Crippen LogP contribution is 2.36. The first-order valence-corrected chi connectivity index (χ1v) is 10.6. The van der Waals surface area contributed by atoms with Crippen LogP contribution in [0.2, 0.25) is 0 Å². The van der Waals surface area contributed by atoms with Gasteiger partial charge >= 0.3 is 5.97 Å². The summed E-state index contributed by atoms with van der Waals surface area (Å²) >= 11 is 0. The molecule has 0 amide bonds. The maximum atomic E-state index is 13.2. The number of nitrogens with zero attached hydrogens (tertiary/aromatic N) is 3. The second-order valence-electron chi connectivity index (χ2n) is 8.00. The van der Waals surface area contributed by atoms with E-state index >= 15 is 0 Å². The van der Waals surface area contributed by atoms with Crippen LogP contribution in [0, 0.1) is 11.2 Å². The fourth-order valence-electron chi connectivity index (χ4n) is 4.24. The molecule has 1 fully saturated rings. The van der Waals surface area contributed by atoms with E-state index < -0.39 is 5.41 Å². The molecular formula is C24H26FN3O3. The van der Waals surface area contributed by atoms with E-state index in [1.54, 1.807) is 18.3 Å². The van der Waals surface area contributed by atoms with Crippen molar-refractivity contribution >= 4 is 5.97 Å². The molecule has 0 N–H and O–H groups in total. The van der Waals surface area contributed by atoms with Crippen molar-refractivity contribution in [3.63, 3.8) is 0 Å². The SMILES string of the molecule is CCOC(=O)C1(Cc2cc(-c3ccc(F)cc3)no2)CCCN(Cc2ccccn2)C1. The summed E-state index contributed by atoms with van der Waals surface area (Å²) in [6.45, 7) is 4.29. The predicted octanol–water partition coefficient (Wildman–Crippen LogP) is 4.26. The Hall–Kier alpha value is -3.06. The maximum absolute atomic E-state index is 13.2. The molecule has 3 heterocycles. The lowest BCUT2D eigenvalue weighted by atomic mass is 9.76. The topological polar surface area (TPSA) is 68.5 Å². The van der Waals surface area contributed by atoms with Crippen LogP contribution in [0.15, 0.2) is 59.3 Å². The lowest BCUT2D eigenvalue weighted by molar-refractivity contribution is -0.159. The fourth-order valence-corrected chi connectivity index (χ4v) is 4.24. The third kappa shape index (κ3) is 4.99. The molecule has 2 aromatic heterocycles. The van der Waals surface area contributed by atoms with Gasteiger partial charge in [-0.05, 0) is 62.7 Å². The minimum absolute atomic E-state index is 0.208. The van der Waals surface area contributed by atoms with E-state index in [1.165, 1.54) is 12.1 Å². The molecule has 0 spiro atoms. The standard InChI is InChI=1S/C24H26FN3O3/c1-2-30-23(29)24(11-5-13-28(17-24)16-20-6-3-4-12-26-20)15-21-14-22(27-31-21)18-7-9-19(25)10-8-18/h3-4,6-10,12,14H,2,5,11,13,15-17H2,1H3. The van der Waals surface area contributed by atoms with Crippen LogP contribution in [0.25, 0.3) is 11.3 Å². The summed E-state index contributed by atoms with van der Waals surface area (Å²) in [5, 5.41) is 4.13. The average Bonchev–Trinajstić information content (AvgIpc) is 3.23. The number of hydrogen-bond donors (Lipinski definition) is 0. The first-order valence-electron chi connectivity index (χ1n) is 10.6. The number of likely N-dealkylation sites (tertiary alicyclic amines) is 1. The van der Waals surface area contributed by atoms with Crippen LogP contribution >= 0.6 is 0 Å². The van der Waals surface area contributed by atoms with Crippen LogP contribution in [0.3, 0.4) is 0 Å². The van der Waals surface area contributed by atoms with Crippen LogP contribution in [0.5, 0.6) is 0 Å². The molecule has 6 nitrogen and oxygen atoms in total. The second-order valence-corrected chi connectivity index (χ2v) is 8.00. The van der Waals surface area contributed by atoms with Crippen LogP contribution in [0.1, 0.15) is 31.2 Å². The number of carbonyl (C=O) groups is 1. The third-order valence-corrected chi connectivity index (χ3v) is 5.69. The van der Waals surface area contributed by atoms with Crippen molar-refractivity contribution in [3.05, 3.63) is 72.0 Å². The van der Waals surface area contributed by atoms with E-state index in [-0.39, 0.29) is 11.8 Å². The van der Waals surface area contributed by atoms with Gasteiger partial charge in [0.25, 0.3) is 0 Å². The fraction of sp³-hybridized carbons (Fsp3) is 0.375. The van der Waals surface area contributed by atoms with Crippen molar-refractivity contribution in [2.24, 2.45) is 5.41 Å². The molecule has 3 aromatic rings. The lowest BCUT2D eigenvalue weighted by Gasteiger charge is -2.40. The van der Waals surface area contributed by atoms with Crippen molar-refractivity contribution in [1.29, 1.82) is 0 Å². The highest BCUT2D eigenvalue weighted by atomic mass is 19.1. The van der Waals surface area contributed by atoms with Crippen LogP contribution in [0.4, 0.5) is 4.39 Å². The number of aromatic nitrogens is 2. The van der Waals surface area contributed by atoms with Gasteiger partial charge in [-0.25, -0.2) is 4.39 Å². The summed E-state index contributed by atoms with van der Waals surface area (Å²) in [7, 11) is 0. The molecule has 31 heavy (non-hydrogen) atoms.